The first kappa shape index (κ1) is 22.2. The smallest absolute Gasteiger partial charge is 0.345 e. The fourth-order valence-electron chi connectivity index (χ4n) is 1.85. The molecule has 0 fully saturated rings. The molecule has 0 atom stereocenters. The molecule has 0 aliphatic heterocycles. The molecule has 0 unspecified atom stereocenters. The quantitative estimate of drug-likeness (QED) is 0.213. The van der Waals surface area contributed by atoms with Crippen molar-refractivity contribution in [3.8, 4) is 0 Å². The Morgan fingerprint density at radius 1 is 0.964 bits per heavy atom. The van der Waals surface area contributed by atoms with Crippen LogP contribution in [0.2, 0.25) is 0 Å². The fraction of sp³-hybridized carbons (Fsp3) is 0.538. The summed E-state index contributed by atoms with van der Waals surface area (Å²) in [5.41, 5.74) is 11.5. The number of nitrogens with one attached hydrogen (secondary N) is 2. The molecular formula is C13H22N10O2S3. The molecule has 28 heavy (non-hydrogen) atoms. The number of nitrogen functional groups attached to an aromatic ring is 2. The van der Waals surface area contributed by atoms with Gasteiger partial charge in [0.25, 0.3) is 0 Å². The van der Waals surface area contributed by atoms with E-state index in [-0.39, 0.29) is 22.2 Å². The summed E-state index contributed by atoms with van der Waals surface area (Å²) in [6.07, 6.45) is 2.54. The number of hydrogen-bond acceptors (Lipinski definition) is 11. The zero-order valence-corrected chi connectivity index (χ0v) is 17.7. The molecule has 0 spiro atoms. The van der Waals surface area contributed by atoms with Gasteiger partial charge in [0.05, 0.1) is 0 Å². The molecule has 2 aromatic rings. The first-order valence-electron chi connectivity index (χ1n) is 8.43. The third-order valence-electron chi connectivity index (χ3n) is 3.22. The number of nitrogens with two attached hydrogens (primary N) is 2. The Morgan fingerprint density at radius 2 is 1.43 bits per heavy atom. The van der Waals surface area contributed by atoms with Crippen LogP contribution in [0.4, 0.5) is 21.5 Å². The normalized spacial score (nSPS) is 10.8. The van der Waals surface area contributed by atoms with E-state index >= 15 is 0 Å². The van der Waals surface area contributed by atoms with E-state index in [9.17, 15) is 9.59 Å². The summed E-state index contributed by atoms with van der Waals surface area (Å²) in [6.45, 7) is 3.01. The highest BCUT2D eigenvalue weighted by Gasteiger charge is 2.17. The predicted octanol–water partition coefficient (Wildman–Crippen LogP) is 1.07. The Morgan fingerprint density at radius 3 is 1.86 bits per heavy atom. The number of nitrogens with zero attached hydrogens (tertiary/aromatic N) is 6. The SMILES string of the molecule is CCCCNC(=O)n1nc(SSc2nc(N)n(C(=O)NCCCS)n2)nc1N. The lowest BCUT2D eigenvalue weighted by atomic mass is 10.3. The highest BCUT2D eigenvalue weighted by Crippen LogP contribution is 2.34. The van der Waals surface area contributed by atoms with Crippen LogP contribution in [0, 0.1) is 0 Å². The zero-order chi connectivity index (χ0) is 20.5. The Balaban J connectivity index is 1.94. The van der Waals surface area contributed by atoms with Crippen LogP contribution in [-0.2, 0) is 0 Å². The van der Waals surface area contributed by atoms with E-state index in [0.29, 0.717) is 18.8 Å². The van der Waals surface area contributed by atoms with Crippen molar-refractivity contribution >= 4 is 58.2 Å². The number of aromatic nitrogens is 6. The van der Waals surface area contributed by atoms with Gasteiger partial charge >= 0.3 is 12.1 Å². The van der Waals surface area contributed by atoms with Gasteiger partial charge in [0.15, 0.2) is 0 Å². The zero-order valence-electron chi connectivity index (χ0n) is 15.2. The fourth-order valence-corrected chi connectivity index (χ4v) is 3.52. The van der Waals surface area contributed by atoms with Crippen molar-refractivity contribution in [1.82, 2.24) is 40.2 Å². The summed E-state index contributed by atoms with van der Waals surface area (Å²) in [5.74, 6) is 0.586. The molecule has 12 nitrogen and oxygen atoms in total. The van der Waals surface area contributed by atoms with Gasteiger partial charge in [0.1, 0.15) is 0 Å². The summed E-state index contributed by atoms with van der Waals surface area (Å²) in [4.78, 5) is 32.0. The third kappa shape index (κ3) is 6.20. The Labute approximate surface area is 174 Å². The Hall–Kier alpha value is -2.13. The van der Waals surface area contributed by atoms with Crippen LogP contribution in [0.1, 0.15) is 26.2 Å². The Kier molecular flexibility index (Phi) is 8.72. The summed E-state index contributed by atoms with van der Waals surface area (Å²) >= 11 is 4.08. The molecule has 0 aromatic carbocycles. The highest BCUT2D eigenvalue weighted by atomic mass is 33.1. The van der Waals surface area contributed by atoms with Crippen LogP contribution >= 0.6 is 34.2 Å². The summed E-state index contributed by atoms with van der Waals surface area (Å²) in [7, 11) is 2.17. The summed E-state index contributed by atoms with van der Waals surface area (Å²) in [6, 6.07) is -0.918. The maximum absolute atomic E-state index is 12.0. The van der Waals surface area contributed by atoms with Crippen LogP contribution in [-0.4, -0.2) is 60.4 Å². The first-order chi connectivity index (χ1) is 13.5. The molecule has 2 rings (SSSR count). The van der Waals surface area contributed by atoms with E-state index in [1.54, 1.807) is 0 Å². The van der Waals surface area contributed by atoms with Crippen molar-refractivity contribution < 1.29 is 9.59 Å². The van der Waals surface area contributed by atoms with Crippen LogP contribution in [0.15, 0.2) is 10.3 Å². The van der Waals surface area contributed by atoms with Gasteiger partial charge in [-0.2, -0.15) is 22.6 Å². The summed E-state index contributed by atoms with van der Waals surface area (Å²) < 4.78 is 1.97. The standard InChI is InChI=1S/C13H22N10O2S3/c1-2-3-5-16-12(24)22-8(14)18-10(20-22)27-28-11-19-9(15)23(21-11)13(25)17-6-4-7-26/h26H,2-7H2,1H3,(H,16,24)(H,17,25)(H2,14,18,20)(H2,15,19,21). The van der Waals surface area contributed by atoms with E-state index in [1.165, 1.54) is 0 Å². The van der Waals surface area contributed by atoms with Crippen LogP contribution in [0.25, 0.3) is 0 Å². The Bertz CT molecular complexity index is 742. The van der Waals surface area contributed by atoms with Crippen LogP contribution < -0.4 is 22.1 Å². The van der Waals surface area contributed by atoms with Crippen molar-refractivity contribution in [3.63, 3.8) is 0 Å². The molecule has 2 heterocycles. The number of amides is 2. The number of carbonyl (C=O) groups is 2. The van der Waals surface area contributed by atoms with Gasteiger partial charge in [0, 0.05) is 13.1 Å². The van der Waals surface area contributed by atoms with Gasteiger partial charge in [-0.3, -0.25) is 0 Å². The maximum Gasteiger partial charge on any atom is 0.345 e. The number of unbranched alkanes of at least 4 members (excludes halogenated alkanes) is 1. The topological polar surface area (TPSA) is 172 Å². The minimum Gasteiger partial charge on any atom is -0.368 e. The second-order valence-electron chi connectivity index (χ2n) is 5.39. The number of carbonyl (C=O) groups excluding carboxylic acids is 2. The number of hydrogen-bond donors (Lipinski definition) is 5. The molecule has 6 N–H and O–H groups in total. The van der Waals surface area contributed by atoms with E-state index in [1.807, 2.05) is 6.92 Å². The molecule has 0 bridgehead atoms. The van der Waals surface area contributed by atoms with Crippen LogP contribution in [0.5, 0.6) is 0 Å². The molecule has 0 aliphatic carbocycles. The second-order valence-corrected chi connectivity index (χ2v) is 7.90. The maximum atomic E-state index is 12.0. The van der Waals surface area contributed by atoms with Crippen molar-refractivity contribution in [2.45, 2.75) is 36.5 Å². The van der Waals surface area contributed by atoms with Gasteiger partial charge in [-0.1, -0.05) is 13.3 Å². The molecule has 0 radical (unpaired) electrons. The summed E-state index contributed by atoms with van der Waals surface area (Å²) in [5, 5.41) is 13.9. The lowest BCUT2D eigenvalue weighted by molar-refractivity contribution is 0.239. The number of anilines is 2. The monoisotopic (exact) mass is 446 g/mol. The average Bonchev–Trinajstić information content (AvgIpc) is 3.22. The van der Waals surface area contributed by atoms with E-state index in [4.69, 9.17) is 11.5 Å². The average molecular weight is 447 g/mol. The van der Waals surface area contributed by atoms with Crippen molar-refractivity contribution in [2.24, 2.45) is 0 Å². The first-order valence-corrected chi connectivity index (χ1v) is 11.2. The molecule has 0 saturated carbocycles. The van der Waals surface area contributed by atoms with Gasteiger partial charge in [-0.15, -0.1) is 19.6 Å². The van der Waals surface area contributed by atoms with Gasteiger partial charge in [-0.25, -0.2) is 9.59 Å². The predicted molar refractivity (Wildman–Crippen MR) is 112 cm³/mol. The van der Waals surface area contributed by atoms with E-state index in [0.717, 1.165) is 50.2 Å². The van der Waals surface area contributed by atoms with Gasteiger partial charge in [-0.05, 0) is 40.2 Å². The second kappa shape index (κ2) is 11.0. The number of rotatable bonds is 9. The molecule has 15 heteroatoms. The molecular weight excluding hydrogens is 424 g/mol. The van der Waals surface area contributed by atoms with Gasteiger partial charge in [0.2, 0.25) is 22.2 Å². The lowest BCUT2D eigenvalue weighted by Gasteiger charge is -2.03. The van der Waals surface area contributed by atoms with Crippen molar-refractivity contribution in [1.29, 1.82) is 0 Å². The van der Waals surface area contributed by atoms with Crippen LogP contribution in [0.3, 0.4) is 0 Å². The van der Waals surface area contributed by atoms with E-state index < -0.39 is 12.1 Å². The van der Waals surface area contributed by atoms with Gasteiger partial charge < -0.3 is 22.1 Å². The molecule has 2 aromatic heterocycles. The lowest BCUT2D eigenvalue weighted by Crippen LogP contribution is -2.31. The highest BCUT2D eigenvalue weighted by molar-refractivity contribution is 8.76. The minimum absolute atomic E-state index is 0.0290. The van der Waals surface area contributed by atoms with E-state index in [2.05, 4.69) is 43.4 Å². The molecule has 154 valence electrons. The molecule has 0 aliphatic rings. The number of thiol groups is 1. The van der Waals surface area contributed by atoms with Crippen molar-refractivity contribution in [2.75, 3.05) is 30.3 Å². The molecule has 0 saturated heterocycles. The minimum atomic E-state index is -0.473. The largest absolute Gasteiger partial charge is 0.368 e. The van der Waals surface area contributed by atoms with Crippen molar-refractivity contribution in [3.05, 3.63) is 0 Å². The third-order valence-corrected chi connectivity index (χ3v) is 5.41. The molecule has 2 amide bonds.